The number of hydrogen-bond acceptors (Lipinski definition) is 4. The van der Waals surface area contributed by atoms with Crippen LogP contribution in [0.4, 0.5) is 5.69 Å². The summed E-state index contributed by atoms with van der Waals surface area (Å²) in [7, 11) is 3.67. The van der Waals surface area contributed by atoms with Crippen molar-refractivity contribution in [3.63, 3.8) is 0 Å². The van der Waals surface area contributed by atoms with E-state index >= 15 is 0 Å². The second-order valence-corrected chi connectivity index (χ2v) is 6.62. The molecule has 0 saturated heterocycles. The summed E-state index contributed by atoms with van der Waals surface area (Å²) in [4.78, 5) is 19.0. The molecule has 0 radical (unpaired) electrons. The fourth-order valence-electron chi connectivity index (χ4n) is 3.06. The number of hydrogen-bond donors (Lipinski definition) is 2. The van der Waals surface area contributed by atoms with Crippen LogP contribution in [0.5, 0.6) is 11.5 Å². The van der Waals surface area contributed by atoms with Crippen LogP contribution < -0.4 is 15.6 Å². The van der Waals surface area contributed by atoms with Gasteiger partial charge in [0.2, 0.25) is 5.56 Å². The van der Waals surface area contributed by atoms with Gasteiger partial charge in [0.1, 0.15) is 17.3 Å². The molecular weight excluding hydrogens is 378 g/mol. The van der Waals surface area contributed by atoms with Gasteiger partial charge in [-0.2, -0.15) is 5.10 Å². The molecule has 2 aromatic heterocycles. The molecule has 30 heavy (non-hydrogen) atoms. The van der Waals surface area contributed by atoms with E-state index in [1.54, 1.807) is 23.1 Å². The van der Waals surface area contributed by atoms with E-state index in [9.17, 15) is 4.79 Å². The monoisotopic (exact) mass is 399 g/mol. The number of aromatic amines is 1. The Balaban J connectivity index is 1.87. The first kappa shape index (κ1) is 19.2. The van der Waals surface area contributed by atoms with Crippen molar-refractivity contribution < 1.29 is 4.74 Å². The molecule has 7 heteroatoms. The van der Waals surface area contributed by atoms with Crippen molar-refractivity contribution in [1.29, 1.82) is 0 Å². The van der Waals surface area contributed by atoms with E-state index < -0.39 is 0 Å². The molecule has 0 spiro atoms. The number of pyridine rings is 1. The zero-order chi connectivity index (χ0) is 20.9. The van der Waals surface area contributed by atoms with E-state index in [2.05, 4.69) is 15.4 Å². The number of amidine groups is 1. The molecule has 0 aliphatic rings. The second-order valence-electron chi connectivity index (χ2n) is 6.62. The molecule has 4 rings (SSSR count). The number of aliphatic imine (C=N–C) groups is 1. The Labute approximate surface area is 173 Å². The highest BCUT2D eigenvalue weighted by molar-refractivity contribution is 6.00. The van der Waals surface area contributed by atoms with Gasteiger partial charge in [-0.1, -0.05) is 30.3 Å². The first-order chi connectivity index (χ1) is 14.6. The first-order valence-corrected chi connectivity index (χ1v) is 9.44. The van der Waals surface area contributed by atoms with Gasteiger partial charge >= 0.3 is 0 Å². The molecule has 7 nitrogen and oxygen atoms in total. The van der Waals surface area contributed by atoms with Crippen LogP contribution in [-0.4, -0.2) is 27.6 Å². The van der Waals surface area contributed by atoms with Gasteiger partial charge in [-0.15, -0.1) is 0 Å². The number of H-pyrrole nitrogens is 1. The van der Waals surface area contributed by atoms with Crippen LogP contribution >= 0.6 is 0 Å². The van der Waals surface area contributed by atoms with Crippen molar-refractivity contribution in [3.05, 3.63) is 95.2 Å². The normalized spacial score (nSPS) is 11.3. The molecule has 0 amide bonds. The van der Waals surface area contributed by atoms with Crippen LogP contribution in [0.1, 0.15) is 5.56 Å². The second kappa shape index (κ2) is 8.48. The summed E-state index contributed by atoms with van der Waals surface area (Å²) in [6.45, 7) is 0. The van der Waals surface area contributed by atoms with Gasteiger partial charge in [0, 0.05) is 43.7 Å². The Hall–Kier alpha value is -4.13. The van der Waals surface area contributed by atoms with Crippen molar-refractivity contribution in [2.24, 2.45) is 12.0 Å². The first-order valence-electron chi connectivity index (χ1n) is 9.44. The third-order valence-electron chi connectivity index (χ3n) is 4.50. The Morgan fingerprint density at radius 2 is 1.93 bits per heavy atom. The SMILES string of the molecule is CN/C(=N\c1cccc(-c2ccc(=O)[nH]c2)c1Oc1ccccc1)c1cnn(C)c1. The van der Waals surface area contributed by atoms with Crippen molar-refractivity contribution in [2.75, 3.05) is 7.05 Å². The lowest BCUT2D eigenvalue weighted by molar-refractivity contribution is 0.486. The maximum absolute atomic E-state index is 11.5. The molecule has 150 valence electrons. The smallest absolute Gasteiger partial charge is 0.247 e. The summed E-state index contributed by atoms with van der Waals surface area (Å²) < 4.78 is 7.99. The molecule has 0 saturated carbocycles. The zero-order valence-electron chi connectivity index (χ0n) is 16.7. The predicted molar refractivity (Wildman–Crippen MR) is 117 cm³/mol. The van der Waals surface area contributed by atoms with E-state index in [1.165, 1.54) is 6.07 Å². The quantitative estimate of drug-likeness (QED) is 0.394. The van der Waals surface area contributed by atoms with Gasteiger partial charge in [0.05, 0.1) is 11.8 Å². The number of benzene rings is 2. The van der Waals surface area contributed by atoms with Crippen LogP contribution in [0.3, 0.4) is 0 Å². The van der Waals surface area contributed by atoms with Crippen LogP contribution in [0.15, 0.2) is 89.0 Å². The molecule has 0 aliphatic heterocycles. The maximum Gasteiger partial charge on any atom is 0.247 e. The minimum atomic E-state index is -0.160. The highest BCUT2D eigenvalue weighted by atomic mass is 16.5. The number of rotatable bonds is 5. The molecule has 4 aromatic rings. The van der Waals surface area contributed by atoms with E-state index in [0.29, 0.717) is 23.0 Å². The average molecular weight is 399 g/mol. The minimum absolute atomic E-state index is 0.160. The molecular formula is C23H21N5O2. The van der Waals surface area contributed by atoms with Gasteiger partial charge < -0.3 is 15.0 Å². The van der Waals surface area contributed by atoms with Gasteiger partial charge in [-0.25, -0.2) is 4.99 Å². The summed E-state index contributed by atoms with van der Waals surface area (Å²) >= 11 is 0. The third kappa shape index (κ3) is 4.15. The molecule has 0 aliphatic carbocycles. The lowest BCUT2D eigenvalue weighted by Gasteiger charge is -2.15. The van der Waals surface area contributed by atoms with E-state index in [0.717, 1.165) is 16.7 Å². The number of aromatic nitrogens is 3. The van der Waals surface area contributed by atoms with Crippen molar-refractivity contribution >= 4 is 11.5 Å². The van der Waals surface area contributed by atoms with Crippen LogP contribution in [0, 0.1) is 0 Å². The number of nitrogens with zero attached hydrogens (tertiary/aromatic N) is 3. The summed E-state index contributed by atoms with van der Waals surface area (Å²) in [5.41, 5.74) is 2.99. The fourth-order valence-corrected chi connectivity index (χ4v) is 3.06. The topological polar surface area (TPSA) is 84.3 Å². The van der Waals surface area contributed by atoms with E-state index in [-0.39, 0.29) is 5.56 Å². The van der Waals surface area contributed by atoms with Gasteiger partial charge in [0.15, 0.2) is 5.75 Å². The van der Waals surface area contributed by atoms with E-state index in [4.69, 9.17) is 9.73 Å². The molecule has 2 heterocycles. The number of para-hydroxylation sites is 2. The Kier molecular flexibility index (Phi) is 5.43. The third-order valence-corrected chi connectivity index (χ3v) is 4.50. The highest BCUT2D eigenvalue weighted by Gasteiger charge is 2.15. The summed E-state index contributed by atoms with van der Waals surface area (Å²) in [5, 5.41) is 7.35. The predicted octanol–water partition coefficient (Wildman–Crippen LogP) is 3.87. The van der Waals surface area contributed by atoms with Crippen molar-refractivity contribution in [3.8, 4) is 22.6 Å². The molecule has 2 N–H and O–H groups in total. The van der Waals surface area contributed by atoms with Crippen LogP contribution in [0.25, 0.3) is 11.1 Å². The number of aryl methyl sites for hydroxylation is 1. The van der Waals surface area contributed by atoms with Crippen LogP contribution in [-0.2, 0) is 7.05 Å². The lowest BCUT2D eigenvalue weighted by atomic mass is 10.1. The maximum atomic E-state index is 11.5. The number of ether oxygens (including phenoxy) is 1. The molecule has 0 atom stereocenters. The molecule has 0 unspecified atom stereocenters. The molecule has 2 aromatic carbocycles. The lowest BCUT2D eigenvalue weighted by Crippen LogP contribution is -2.18. The van der Waals surface area contributed by atoms with Crippen molar-refractivity contribution in [2.45, 2.75) is 0 Å². The summed E-state index contributed by atoms with van der Waals surface area (Å²) in [6.07, 6.45) is 5.31. The van der Waals surface area contributed by atoms with Crippen molar-refractivity contribution in [1.82, 2.24) is 20.1 Å². The summed E-state index contributed by atoms with van der Waals surface area (Å²) in [6, 6.07) is 18.5. The Bertz CT molecular complexity index is 1220. The molecule has 0 bridgehead atoms. The fraction of sp³-hybridized carbons (Fsp3) is 0.0870. The average Bonchev–Trinajstić information content (AvgIpc) is 3.20. The van der Waals surface area contributed by atoms with Gasteiger partial charge in [-0.05, 0) is 24.3 Å². The van der Waals surface area contributed by atoms with Crippen LogP contribution in [0.2, 0.25) is 0 Å². The number of nitrogens with one attached hydrogen (secondary N) is 2. The standard InChI is InChI=1S/C23H21N5O2/c1-24-23(17-14-26-28(2)15-17)27-20-10-6-9-19(16-11-12-21(29)25-13-16)22(20)30-18-7-4-3-5-8-18/h3-15H,1-2H3,(H,24,27)(H,25,29). The summed E-state index contributed by atoms with van der Waals surface area (Å²) in [5.74, 6) is 1.95. The zero-order valence-corrected chi connectivity index (χ0v) is 16.7. The largest absolute Gasteiger partial charge is 0.454 e. The Morgan fingerprint density at radius 1 is 1.10 bits per heavy atom. The molecule has 0 fully saturated rings. The highest BCUT2D eigenvalue weighted by Crippen LogP contribution is 2.40. The van der Waals surface area contributed by atoms with Gasteiger partial charge in [-0.3, -0.25) is 9.48 Å². The van der Waals surface area contributed by atoms with E-state index in [1.807, 2.05) is 68.8 Å². The van der Waals surface area contributed by atoms with Gasteiger partial charge in [0.25, 0.3) is 0 Å². The minimum Gasteiger partial charge on any atom is -0.454 e. The Morgan fingerprint density at radius 3 is 2.60 bits per heavy atom.